The number of hydrogen-bond acceptors (Lipinski definition) is 7. The van der Waals surface area contributed by atoms with Crippen molar-refractivity contribution in [3.05, 3.63) is 60.2 Å². The van der Waals surface area contributed by atoms with Crippen LogP contribution in [-0.4, -0.2) is 57.0 Å². The van der Waals surface area contributed by atoms with E-state index in [1.807, 2.05) is 24.3 Å². The SMILES string of the molecule is CS(=O)(=O)CCn1cc(C([OH2+])=NC(=N)C2(c3ccc(-c4cnc(N)nc4)cc3)CCC2)cn1. The summed E-state index contributed by atoms with van der Waals surface area (Å²) in [5.74, 6) is 0.275. The lowest BCUT2D eigenvalue weighted by atomic mass is 9.63. The molecule has 2 aromatic heterocycles. The van der Waals surface area contributed by atoms with Gasteiger partial charge in [0.05, 0.1) is 23.9 Å². The Balaban J connectivity index is 1.52. The van der Waals surface area contributed by atoms with E-state index in [-0.39, 0.29) is 30.0 Å². The number of benzene rings is 1. The van der Waals surface area contributed by atoms with Gasteiger partial charge in [-0.3, -0.25) is 10.1 Å². The van der Waals surface area contributed by atoms with Gasteiger partial charge in [-0.15, -0.1) is 4.99 Å². The zero-order chi connectivity index (χ0) is 23.6. The number of aryl methyl sites for hydroxylation is 1. The number of anilines is 1. The molecule has 1 aliphatic rings. The molecule has 0 radical (unpaired) electrons. The average molecular weight is 469 g/mol. The van der Waals surface area contributed by atoms with Crippen molar-refractivity contribution < 1.29 is 13.5 Å². The summed E-state index contributed by atoms with van der Waals surface area (Å²) in [6, 6.07) is 7.91. The van der Waals surface area contributed by atoms with Gasteiger partial charge < -0.3 is 10.8 Å². The van der Waals surface area contributed by atoms with E-state index >= 15 is 0 Å². The van der Waals surface area contributed by atoms with Crippen molar-refractivity contribution in [3.8, 4) is 11.1 Å². The maximum Gasteiger partial charge on any atom is 0.369 e. The fourth-order valence-corrected chi connectivity index (χ4v) is 4.33. The van der Waals surface area contributed by atoms with Crippen LogP contribution in [-0.2, 0) is 21.8 Å². The molecule has 1 saturated carbocycles. The summed E-state index contributed by atoms with van der Waals surface area (Å²) in [5, 5.41) is 21.1. The first kappa shape index (κ1) is 22.6. The van der Waals surface area contributed by atoms with Crippen molar-refractivity contribution >= 4 is 27.5 Å². The van der Waals surface area contributed by atoms with E-state index in [9.17, 15) is 8.42 Å². The molecule has 5 N–H and O–H groups in total. The second-order valence-electron chi connectivity index (χ2n) is 8.27. The predicted octanol–water partition coefficient (Wildman–Crippen LogP) is 1.54. The Kier molecular flexibility index (Phi) is 5.98. The minimum atomic E-state index is -3.11. The second-order valence-corrected chi connectivity index (χ2v) is 10.5. The van der Waals surface area contributed by atoms with E-state index in [2.05, 4.69) is 20.1 Å². The molecule has 0 atom stereocenters. The number of nitrogen functional groups attached to an aromatic ring is 1. The van der Waals surface area contributed by atoms with Crippen molar-refractivity contribution in [2.75, 3.05) is 17.7 Å². The number of aromatic nitrogens is 4. The Labute approximate surface area is 191 Å². The van der Waals surface area contributed by atoms with E-state index < -0.39 is 15.3 Å². The van der Waals surface area contributed by atoms with Crippen LogP contribution in [0.25, 0.3) is 11.1 Å². The van der Waals surface area contributed by atoms with Crippen molar-refractivity contribution in [3.63, 3.8) is 0 Å². The second kappa shape index (κ2) is 8.74. The highest BCUT2D eigenvalue weighted by molar-refractivity contribution is 7.90. The lowest BCUT2D eigenvalue weighted by Gasteiger charge is -2.41. The molecule has 172 valence electrons. The molecule has 0 amide bonds. The predicted molar refractivity (Wildman–Crippen MR) is 127 cm³/mol. The first-order valence-electron chi connectivity index (χ1n) is 10.4. The first-order valence-corrected chi connectivity index (χ1v) is 12.5. The summed E-state index contributed by atoms with van der Waals surface area (Å²) in [4.78, 5) is 12.3. The van der Waals surface area contributed by atoms with Gasteiger partial charge in [0.15, 0.2) is 0 Å². The number of amidine groups is 1. The van der Waals surface area contributed by atoms with Crippen molar-refractivity contribution in [2.24, 2.45) is 4.99 Å². The molecule has 1 fully saturated rings. The van der Waals surface area contributed by atoms with Crippen molar-refractivity contribution in [1.29, 1.82) is 5.41 Å². The third-order valence-corrected chi connectivity index (χ3v) is 6.85. The van der Waals surface area contributed by atoms with Gasteiger partial charge in [0.25, 0.3) is 0 Å². The molecule has 10 nitrogen and oxygen atoms in total. The minimum absolute atomic E-state index is 0.0317. The van der Waals surface area contributed by atoms with Crippen LogP contribution in [0.5, 0.6) is 0 Å². The van der Waals surface area contributed by atoms with Gasteiger partial charge in [-0.1, -0.05) is 30.7 Å². The highest BCUT2D eigenvalue weighted by Gasteiger charge is 2.43. The van der Waals surface area contributed by atoms with Crippen LogP contribution in [0.2, 0.25) is 0 Å². The molecule has 0 unspecified atom stereocenters. The molecule has 0 aliphatic heterocycles. The van der Waals surface area contributed by atoms with Crippen LogP contribution in [0, 0.1) is 5.41 Å². The Morgan fingerprint density at radius 3 is 2.42 bits per heavy atom. The fourth-order valence-electron chi connectivity index (χ4n) is 3.81. The minimum Gasteiger partial charge on any atom is -0.578 e. The Hall–Kier alpha value is -3.60. The summed E-state index contributed by atoms with van der Waals surface area (Å²) < 4.78 is 24.2. The number of sulfone groups is 1. The normalized spacial score (nSPS) is 15.7. The molecular formula is C22H26N7O3S+. The highest BCUT2D eigenvalue weighted by atomic mass is 32.2. The van der Waals surface area contributed by atoms with Crippen LogP contribution < -0.4 is 5.73 Å². The third-order valence-electron chi connectivity index (χ3n) is 5.92. The zero-order valence-electron chi connectivity index (χ0n) is 18.2. The number of nitrogens with one attached hydrogen (secondary N) is 1. The number of nitrogens with zero attached hydrogens (tertiary/aromatic N) is 5. The van der Waals surface area contributed by atoms with Gasteiger partial charge in [-0.25, -0.2) is 18.4 Å². The Bertz CT molecular complexity index is 1290. The van der Waals surface area contributed by atoms with Gasteiger partial charge in [0.1, 0.15) is 21.2 Å². The van der Waals surface area contributed by atoms with Gasteiger partial charge in [-0.2, -0.15) is 5.10 Å². The average Bonchev–Trinajstić information content (AvgIpc) is 3.22. The van der Waals surface area contributed by atoms with E-state index in [4.69, 9.17) is 16.2 Å². The summed E-state index contributed by atoms with van der Waals surface area (Å²) >= 11 is 0. The molecule has 33 heavy (non-hydrogen) atoms. The lowest BCUT2D eigenvalue weighted by molar-refractivity contribution is 0.336. The molecular weight excluding hydrogens is 442 g/mol. The topological polar surface area (TPSA) is 163 Å². The van der Waals surface area contributed by atoms with Crippen LogP contribution in [0.3, 0.4) is 0 Å². The van der Waals surface area contributed by atoms with Gasteiger partial charge >= 0.3 is 5.90 Å². The van der Waals surface area contributed by atoms with E-state index in [1.165, 1.54) is 17.1 Å². The Morgan fingerprint density at radius 1 is 1.18 bits per heavy atom. The summed E-state index contributed by atoms with van der Waals surface area (Å²) in [6.45, 7) is 0.207. The smallest absolute Gasteiger partial charge is 0.369 e. The van der Waals surface area contributed by atoms with Crippen molar-refractivity contribution in [1.82, 2.24) is 19.7 Å². The largest absolute Gasteiger partial charge is 0.578 e. The monoisotopic (exact) mass is 468 g/mol. The standard InChI is InChI=1S/C22H25N7O3S/c1-33(31,32)10-9-29-14-17(13-27-29)19(30)28-20(23)22(7-2-8-22)18-5-3-15(4-6-18)16-11-25-21(24)26-12-16/h3-6,11-14H,2,7-10H2,1H3,(H2,23,28,30)(H2,24,25,26)/p+1. The van der Waals surface area contributed by atoms with E-state index in [0.29, 0.717) is 5.56 Å². The number of aliphatic imine (C=N–C) groups is 1. The maximum absolute atomic E-state index is 11.3. The summed E-state index contributed by atoms with van der Waals surface area (Å²) in [7, 11) is -3.11. The summed E-state index contributed by atoms with van der Waals surface area (Å²) in [5.41, 5.74) is 8.27. The van der Waals surface area contributed by atoms with Gasteiger partial charge in [0.2, 0.25) is 5.95 Å². The number of nitrogens with two attached hydrogens (primary N) is 1. The van der Waals surface area contributed by atoms with Gasteiger partial charge in [-0.05, 0) is 24.0 Å². The number of hydrogen-bond donors (Lipinski definition) is 2. The number of rotatable bonds is 7. The fraction of sp³-hybridized carbons (Fsp3) is 0.318. The van der Waals surface area contributed by atoms with Crippen LogP contribution >= 0.6 is 0 Å². The molecule has 0 saturated heterocycles. The van der Waals surface area contributed by atoms with E-state index in [1.54, 1.807) is 18.6 Å². The molecule has 11 heteroatoms. The molecule has 0 bridgehead atoms. The Morgan fingerprint density at radius 2 is 1.85 bits per heavy atom. The van der Waals surface area contributed by atoms with Gasteiger partial charge in [0, 0.05) is 30.4 Å². The first-order chi connectivity index (χ1) is 15.7. The van der Waals surface area contributed by atoms with Crippen LogP contribution in [0.15, 0.2) is 54.0 Å². The molecule has 2 heterocycles. The molecule has 0 spiro atoms. The zero-order valence-corrected chi connectivity index (χ0v) is 19.0. The van der Waals surface area contributed by atoms with Crippen LogP contribution in [0.1, 0.15) is 30.4 Å². The molecule has 3 aromatic rings. The van der Waals surface area contributed by atoms with E-state index in [0.717, 1.165) is 36.0 Å². The highest BCUT2D eigenvalue weighted by Crippen LogP contribution is 2.45. The molecule has 1 aliphatic carbocycles. The lowest BCUT2D eigenvalue weighted by Crippen LogP contribution is -2.41. The van der Waals surface area contributed by atoms with Crippen molar-refractivity contribution in [2.45, 2.75) is 31.2 Å². The molecule has 1 aromatic carbocycles. The quantitative estimate of drug-likeness (QED) is 0.303. The van der Waals surface area contributed by atoms with Crippen LogP contribution in [0.4, 0.5) is 5.95 Å². The molecule has 4 rings (SSSR count). The third kappa shape index (κ3) is 4.92. The summed E-state index contributed by atoms with van der Waals surface area (Å²) in [6.07, 6.45) is 10.1. The maximum atomic E-state index is 11.3.